The Morgan fingerprint density at radius 3 is 2.40 bits per heavy atom. The Morgan fingerprint density at radius 1 is 0.880 bits per heavy atom. The molecule has 25 heavy (non-hydrogen) atoms. The summed E-state index contributed by atoms with van der Waals surface area (Å²) in [5.41, 5.74) is 2.83. The number of hydrogen-bond acceptors (Lipinski definition) is 2. The molecular weight excluding hydrogens is 310 g/mol. The van der Waals surface area contributed by atoms with Crippen molar-refractivity contribution >= 4 is 16.7 Å². The standard InChI is InChI=1S/C22H19NO2/c24-17-12-10-16(11-13-17)18-6-4-8-20-19(18)7-5-9-21(20)22(25)23-14-2-1-3-15-23/h1-2,4-13,24H,3,14-15H2. The highest BCUT2D eigenvalue weighted by Crippen LogP contribution is 2.31. The second-order valence-electron chi connectivity index (χ2n) is 6.26. The SMILES string of the molecule is O=C(c1cccc2c(-c3ccc(O)cc3)cccc12)N1CC=CCC1. The van der Waals surface area contributed by atoms with Gasteiger partial charge in [-0.05, 0) is 46.5 Å². The molecule has 0 saturated heterocycles. The molecule has 0 radical (unpaired) electrons. The maximum absolute atomic E-state index is 13.0. The maximum Gasteiger partial charge on any atom is 0.254 e. The van der Waals surface area contributed by atoms with Crippen LogP contribution in [0.5, 0.6) is 5.75 Å². The van der Waals surface area contributed by atoms with Crippen LogP contribution in [0.25, 0.3) is 21.9 Å². The van der Waals surface area contributed by atoms with Crippen LogP contribution < -0.4 is 0 Å². The molecule has 124 valence electrons. The number of rotatable bonds is 2. The van der Waals surface area contributed by atoms with Gasteiger partial charge in [0.05, 0.1) is 0 Å². The molecule has 0 spiro atoms. The van der Waals surface area contributed by atoms with Gasteiger partial charge in [0.25, 0.3) is 5.91 Å². The first kappa shape index (κ1) is 15.5. The van der Waals surface area contributed by atoms with Gasteiger partial charge in [-0.15, -0.1) is 0 Å². The molecule has 0 fully saturated rings. The van der Waals surface area contributed by atoms with Gasteiger partial charge in [0, 0.05) is 18.7 Å². The minimum absolute atomic E-state index is 0.0813. The first-order valence-corrected chi connectivity index (χ1v) is 8.49. The molecule has 1 heterocycles. The predicted molar refractivity (Wildman–Crippen MR) is 101 cm³/mol. The van der Waals surface area contributed by atoms with Crippen LogP contribution >= 0.6 is 0 Å². The zero-order valence-electron chi connectivity index (χ0n) is 13.9. The summed E-state index contributed by atoms with van der Waals surface area (Å²) in [5, 5.41) is 11.5. The zero-order valence-corrected chi connectivity index (χ0v) is 13.9. The van der Waals surface area contributed by atoms with Crippen molar-refractivity contribution in [2.45, 2.75) is 6.42 Å². The Morgan fingerprint density at radius 2 is 1.64 bits per heavy atom. The van der Waals surface area contributed by atoms with Gasteiger partial charge in [-0.1, -0.05) is 54.6 Å². The van der Waals surface area contributed by atoms with Crippen molar-refractivity contribution in [2.75, 3.05) is 13.1 Å². The summed E-state index contributed by atoms with van der Waals surface area (Å²) in [5.74, 6) is 0.329. The third kappa shape index (κ3) is 2.89. The second kappa shape index (κ2) is 6.44. The summed E-state index contributed by atoms with van der Waals surface area (Å²) < 4.78 is 0. The number of amides is 1. The van der Waals surface area contributed by atoms with Crippen LogP contribution in [-0.4, -0.2) is 29.0 Å². The third-order valence-electron chi connectivity index (χ3n) is 4.68. The average Bonchev–Trinajstić information content (AvgIpc) is 2.68. The number of phenolic OH excluding ortho intramolecular Hbond substituents is 1. The summed E-state index contributed by atoms with van der Waals surface area (Å²) in [6, 6.07) is 19.1. The fourth-order valence-corrected chi connectivity index (χ4v) is 3.39. The van der Waals surface area contributed by atoms with Crippen molar-refractivity contribution in [1.29, 1.82) is 0 Å². The van der Waals surface area contributed by atoms with Gasteiger partial charge in [0.2, 0.25) is 0 Å². The number of carbonyl (C=O) groups excluding carboxylic acids is 1. The van der Waals surface area contributed by atoms with Gasteiger partial charge in [-0.25, -0.2) is 0 Å². The van der Waals surface area contributed by atoms with E-state index in [0.29, 0.717) is 6.54 Å². The minimum atomic E-state index is 0.0813. The van der Waals surface area contributed by atoms with Crippen LogP contribution in [0, 0.1) is 0 Å². The van der Waals surface area contributed by atoms with E-state index in [0.717, 1.165) is 40.4 Å². The van der Waals surface area contributed by atoms with Crippen molar-refractivity contribution in [2.24, 2.45) is 0 Å². The van der Waals surface area contributed by atoms with Gasteiger partial charge in [-0.2, -0.15) is 0 Å². The summed E-state index contributed by atoms with van der Waals surface area (Å²) in [6.45, 7) is 1.44. The summed E-state index contributed by atoms with van der Waals surface area (Å²) in [6.07, 6.45) is 5.08. The van der Waals surface area contributed by atoms with Crippen molar-refractivity contribution in [3.63, 3.8) is 0 Å². The van der Waals surface area contributed by atoms with Crippen molar-refractivity contribution < 1.29 is 9.90 Å². The molecule has 1 amide bonds. The molecule has 0 atom stereocenters. The highest BCUT2D eigenvalue weighted by molar-refractivity contribution is 6.10. The third-order valence-corrected chi connectivity index (χ3v) is 4.68. The molecular formula is C22H19NO2. The molecule has 3 aromatic rings. The molecule has 0 aliphatic carbocycles. The lowest BCUT2D eigenvalue weighted by molar-refractivity contribution is 0.0773. The first-order chi connectivity index (χ1) is 12.2. The van der Waals surface area contributed by atoms with Gasteiger partial charge in [0.15, 0.2) is 0 Å². The van der Waals surface area contributed by atoms with Gasteiger partial charge in [0.1, 0.15) is 5.75 Å². The van der Waals surface area contributed by atoms with E-state index >= 15 is 0 Å². The lowest BCUT2D eigenvalue weighted by atomic mass is 9.95. The predicted octanol–water partition coefficient (Wildman–Crippen LogP) is 4.61. The Bertz CT molecular complexity index is 957. The number of benzene rings is 3. The van der Waals surface area contributed by atoms with E-state index in [-0.39, 0.29) is 11.7 Å². The Hall–Kier alpha value is -3.07. The Kier molecular flexibility index (Phi) is 3.98. The Labute approximate surface area is 146 Å². The van der Waals surface area contributed by atoms with E-state index in [1.165, 1.54) is 0 Å². The molecule has 1 aliphatic rings. The van der Waals surface area contributed by atoms with Crippen LogP contribution in [0.15, 0.2) is 72.8 Å². The monoisotopic (exact) mass is 329 g/mol. The quantitative estimate of drug-likeness (QED) is 0.697. The number of aromatic hydroxyl groups is 1. The molecule has 1 aliphatic heterocycles. The zero-order chi connectivity index (χ0) is 17.2. The number of nitrogens with zero attached hydrogens (tertiary/aromatic N) is 1. The molecule has 3 aromatic carbocycles. The fourth-order valence-electron chi connectivity index (χ4n) is 3.39. The van der Waals surface area contributed by atoms with E-state index < -0.39 is 0 Å². The van der Waals surface area contributed by atoms with Crippen molar-refractivity contribution in [3.8, 4) is 16.9 Å². The van der Waals surface area contributed by atoms with Crippen molar-refractivity contribution in [1.82, 2.24) is 4.90 Å². The molecule has 0 aromatic heterocycles. The lowest BCUT2D eigenvalue weighted by Gasteiger charge is -2.24. The van der Waals surface area contributed by atoms with Crippen molar-refractivity contribution in [3.05, 3.63) is 78.4 Å². The van der Waals surface area contributed by atoms with Crippen LogP contribution in [0.2, 0.25) is 0 Å². The average molecular weight is 329 g/mol. The molecule has 0 bridgehead atoms. The van der Waals surface area contributed by atoms with Gasteiger partial charge < -0.3 is 10.0 Å². The van der Waals surface area contributed by atoms with Gasteiger partial charge in [-0.3, -0.25) is 4.79 Å². The molecule has 4 rings (SSSR count). The molecule has 0 unspecified atom stereocenters. The Balaban J connectivity index is 1.82. The second-order valence-corrected chi connectivity index (χ2v) is 6.26. The number of fused-ring (bicyclic) bond motifs is 1. The molecule has 3 heteroatoms. The van der Waals surface area contributed by atoms with Crippen LogP contribution in [0.1, 0.15) is 16.8 Å². The normalized spacial score (nSPS) is 14.0. The van der Waals surface area contributed by atoms with Crippen LogP contribution in [0.4, 0.5) is 0 Å². The molecule has 0 saturated carbocycles. The highest BCUT2D eigenvalue weighted by atomic mass is 16.3. The molecule has 1 N–H and O–H groups in total. The summed E-state index contributed by atoms with van der Waals surface area (Å²) >= 11 is 0. The number of phenols is 1. The van der Waals surface area contributed by atoms with Gasteiger partial charge >= 0.3 is 0 Å². The lowest BCUT2D eigenvalue weighted by Crippen LogP contribution is -2.33. The van der Waals surface area contributed by atoms with E-state index in [1.54, 1.807) is 12.1 Å². The molecule has 3 nitrogen and oxygen atoms in total. The topological polar surface area (TPSA) is 40.5 Å². The van der Waals surface area contributed by atoms with E-state index in [4.69, 9.17) is 0 Å². The summed E-state index contributed by atoms with van der Waals surface area (Å²) in [4.78, 5) is 14.9. The van der Waals surface area contributed by atoms with E-state index in [9.17, 15) is 9.90 Å². The fraction of sp³-hybridized carbons (Fsp3) is 0.136. The minimum Gasteiger partial charge on any atom is -0.508 e. The van der Waals surface area contributed by atoms with Crippen LogP contribution in [0.3, 0.4) is 0 Å². The smallest absolute Gasteiger partial charge is 0.254 e. The maximum atomic E-state index is 13.0. The number of hydrogen-bond donors (Lipinski definition) is 1. The number of carbonyl (C=O) groups is 1. The van der Waals surface area contributed by atoms with Crippen LogP contribution in [-0.2, 0) is 0 Å². The summed E-state index contributed by atoms with van der Waals surface area (Å²) in [7, 11) is 0. The highest BCUT2D eigenvalue weighted by Gasteiger charge is 2.18. The largest absolute Gasteiger partial charge is 0.508 e. The first-order valence-electron chi connectivity index (χ1n) is 8.49. The van der Waals surface area contributed by atoms with E-state index in [2.05, 4.69) is 12.2 Å². The van der Waals surface area contributed by atoms with E-state index in [1.807, 2.05) is 53.4 Å².